The number of hydrogen-bond donors (Lipinski definition) is 2. The average molecular weight is 332 g/mol. The van der Waals surface area contributed by atoms with E-state index in [0.717, 1.165) is 41.5 Å². The molecule has 6 nitrogen and oxygen atoms in total. The van der Waals surface area contributed by atoms with Crippen LogP contribution in [0.5, 0.6) is 0 Å². The van der Waals surface area contributed by atoms with Crippen LogP contribution in [0.25, 0.3) is 5.78 Å². The predicted molar refractivity (Wildman–Crippen MR) is 96.2 cm³/mol. The van der Waals surface area contributed by atoms with Crippen molar-refractivity contribution in [3.8, 4) is 6.07 Å². The molecule has 6 heteroatoms. The highest BCUT2D eigenvalue weighted by molar-refractivity contribution is 5.56. The Kier molecular flexibility index (Phi) is 3.66. The number of imidazole rings is 1. The van der Waals surface area contributed by atoms with Crippen molar-refractivity contribution in [1.29, 1.82) is 5.26 Å². The van der Waals surface area contributed by atoms with Gasteiger partial charge in [0.05, 0.1) is 23.9 Å². The van der Waals surface area contributed by atoms with Gasteiger partial charge in [-0.25, -0.2) is 4.98 Å². The summed E-state index contributed by atoms with van der Waals surface area (Å²) in [6, 6.07) is 8.14. The molecule has 25 heavy (non-hydrogen) atoms. The summed E-state index contributed by atoms with van der Waals surface area (Å²) < 4.78 is 2.12. The van der Waals surface area contributed by atoms with Crippen LogP contribution in [0.2, 0.25) is 0 Å². The van der Waals surface area contributed by atoms with E-state index in [1.54, 1.807) is 0 Å². The quantitative estimate of drug-likeness (QED) is 0.771. The maximum atomic E-state index is 9.26. The summed E-state index contributed by atoms with van der Waals surface area (Å²) in [5.41, 5.74) is 6.34. The zero-order valence-corrected chi connectivity index (χ0v) is 14.6. The van der Waals surface area contributed by atoms with Crippen molar-refractivity contribution in [2.24, 2.45) is 0 Å². The van der Waals surface area contributed by atoms with Crippen molar-refractivity contribution < 1.29 is 0 Å². The molecule has 1 atom stereocenters. The third kappa shape index (κ3) is 2.44. The van der Waals surface area contributed by atoms with Crippen molar-refractivity contribution in [3.05, 3.63) is 58.0 Å². The van der Waals surface area contributed by atoms with Crippen LogP contribution in [0.1, 0.15) is 46.6 Å². The maximum Gasteiger partial charge on any atom is 0.236 e. The van der Waals surface area contributed by atoms with Crippen molar-refractivity contribution >= 4 is 11.6 Å². The highest BCUT2D eigenvalue weighted by Crippen LogP contribution is 2.29. The highest BCUT2D eigenvalue weighted by atomic mass is 15.2. The molecule has 0 amide bonds. The van der Waals surface area contributed by atoms with Crippen LogP contribution in [0.15, 0.2) is 24.4 Å². The van der Waals surface area contributed by atoms with Gasteiger partial charge >= 0.3 is 0 Å². The van der Waals surface area contributed by atoms with Gasteiger partial charge in [-0.1, -0.05) is 12.1 Å². The Balaban J connectivity index is 1.76. The Morgan fingerprint density at radius 2 is 2.16 bits per heavy atom. The smallest absolute Gasteiger partial charge is 0.236 e. The summed E-state index contributed by atoms with van der Waals surface area (Å²) in [7, 11) is 0. The lowest BCUT2D eigenvalue weighted by Gasteiger charge is -2.20. The Morgan fingerprint density at radius 3 is 2.96 bits per heavy atom. The molecule has 1 aliphatic rings. The molecule has 4 rings (SSSR count). The van der Waals surface area contributed by atoms with E-state index in [2.05, 4.69) is 39.1 Å². The van der Waals surface area contributed by atoms with E-state index in [9.17, 15) is 5.26 Å². The largest absolute Gasteiger partial charge is 0.363 e. The molecule has 0 radical (unpaired) electrons. The van der Waals surface area contributed by atoms with E-state index >= 15 is 0 Å². The van der Waals surface area contributed by atoms with Gasteiger partial charge in [0.2, 0.25) is 5.78 Å². The minimum absolute atomic E-state index is 0.0454. The van der Waals surface area contributed by atoms with E-state index < -0.39 is 0 Å². The average Bonchev–Trinajstić information content (AvgIpc) is 3.22. The Labute approximate surface area is 146 Å². The van der Waals surface area contributed by atoms with Crippen molar-refractivity contribution in [2.45, 2.75) is 39.9 Å². The fraction of sp³-hybridized carbons (Fsp3) is 0.316. The fourth-order valence-electron chi connectivity index (χ4n) is 3.60. The first kappa shape index (κ1) is 15.6. The summed E-state index contributed by atoms with van der Waals surface area (Å²) >= 11 is 0. The number of benzene rings is 1. The van der Waals surface area contributed by atoms with Crippen LogP contribution in [0, 0.1) is 25.2 Å². The third-order valence-corrected chi connectivity index (χ3v) is 4.95. The second-order valence-corrected chi connectivity index (χ2v) is 6.52. The molecule has 126 valence electrons. The molecule has 0 bridgehead atoms. The van der Waals surface area contributed by atoms with Gasteiger partial charge in [0, 0.05) is 30.0 Å². The molecule has 3 heterocycles. The standard InChI is InChI=1S/C19H20N6/c1-11-8-22-19-24-18(16-9-21-10-17(16)25(11)19)23-13(3)15-6-4-5-14(7-20)12(15)2/h4-6,8,13,21H,9-10H2,1-3H3,(H,22,23,24)/t13-/m1/s1. The third-order valence-electron chi connectivity index (χ3n) is 4.95. The maximum absolute atomic E-state index is 9.26. The van der Waals surface area contributed by atoms with Crippen LogP contribution in [0.4, 0.5) is 5.82 Å². The number of nitriles is 1. The van der Waals surface area contributed by atoms with Gasteiger partial charge in [0.1, 0.15) is 5.82 Å². The van der Waals surface area contributed by atoms with Crippen LogP contribution in [-0.4, -0.2) is 14.4 Å². The molecule has 0 saturated heterocycles. The van der Waals surface area contributed by atoms with Crippen LogP contribution in [0.3, 0.4) is 0 Å². The number of aromatic nitrogens is 3. The number of fused-ring (bicyclic) bond motifs is 3. The second kappa shape index (κ2) is 5.87. The Bertz CT molecular complexity index is 1010. The van der Waals surface area contributed by atoms with E-state index in [1.807, 2.05) is 32.2 Å². The second-order valence-electron chi connectivity index (χ2n) is 6.52. The van der Waals surface area contributed by atoms with Gasteiger partial charge in [-0.2, -0.15) is 10.2 Å². The van der Waals surface area contributed by atoms with Crippen molar-refractivity contribution in [2.75, 3.05) is 5.32 Å². The minimum Gasteiger partial charge on any atom is -0.363 e. The zero-order valence-electron chi connectivity index (χ0n) is 14.6. The van der Waals surface area contributed by atoms with E-state index in [4.69, 9.17) is 4.98 Å². The van der Waals surface area contributed by atoms with Gasteiger partial charge in [-0.15, -0.1) is 0 Å². The molecule has 3 aromatic rings. The van der Waals surface area contributed by atoms with Crippen LogP contribution in [-0.2, 0) is 13.1 Å². The Hall–Kier alpha value is -2.91. The van der Waals surface area contributed by atoms with Gasteiger partial charge < -0.3 is 10.6 Å². The van der Waals surface area contributed by atoms with Crippen molar-refractivity contribution in [3.63, 3.8) is 0 Å². The van der Waals surface area contributed by atoms with Gasteiger partial charge in [0.25, 0.3) is 0 Å². The number of anilines is 1. The van der Waals surface area contributed by atoms with E-state index in [1.165, 1.54) is 11.3 Å². The monoisotopic (exact) mass is 332 g/mol. The predicted octanol–water partition coefficient (Wildman–Crippen LogP) is 2.99. The summed E-state index contributed by atoms with van der Waals surface area (Å²) in [4.78, 5) is 9.16. The molecule has 0 saturated carbocycles. The first-order valence-corrected chi connectivity index (χ1v) is 8.43. The summed E-state index contributed by atoms with van der Waals surface area (Å²) in [6.45, 7) is 7.75. The number of rotatable bonds is 3. The lowest BCUT2D eigenvalue weighted by atomic mass is 9.98. The van der Waals surface area contributed by atoms with Gasteiger partial charge in [-0.3, -0.25) is 4.40 Å². The first-order valence-electron chi connectivity index (χ1n) is 8.43. The molecule has 0 aliphatic carbocycles. The van der Waals surface area contributed by atoms with Gasteiger partial charge in [-0.05, 0) is 38.0 Å². The van der Waals surface area contributed by atoms with E-state index in [0.29, 0.717) is 5.56 Å². The normalized spacial score (nSPS) is 14.3. The first-order chi connectivity index (χ1) is 12.1. The SMILES string of the molecule is Cc1c(C#N)cccc1[C@@H](C)Nc1nc2ncc(C)n2c2c1CNC2. The molecule has 1 aliphatic heterocycles. The molecular formula is C19H20N6. The zero-order chi connectivity index (χ0) is 17.6. The van der Waals surface area contributed by atoms with Gasteiger partial charge in [0.15, 0.2) is 0 Å². The summed E-state index contributed by atoms with van der Waals surface area (Å²) in [5, 5.41) is 16.2. The lowest BCUT2D eigenvalue weighted by Crippen LogP contribution is -2.13. The number of nitrogens with zero attached hydrogens (tertiary/aromatic N) is 4. The minimum atomic E-state index is 0.0454. The Morgan fingerprint density at radius 1 is 1.32 bits per heavy atom. The molecule has 2 N–H and O–H groups in total. The van der Waals surface area contributed by atoms with Crippen LogP contribution < -0.4 is 10.6 Å². The molecular weight excluding hydrogens is 312 g/mol. The van der Waals surface area contributed by atoms with Crippen LogP contribution >= 0.6 is 0 Å². The molecule has 0 fully saturated rings. The van der Waals surface area contributed by atoms with E-state index in [-0.39, 0.29) is 6.04 Å². The molecule has 0 spiro atoms. The molecule has 0 unspecified atom stereocenters. The van der Waals surface area contributed by atoms with Crippen molar-refractivity contribution in [1.82, 2.24) is 19.7 Å². The summed E-state index contributed by atoms with van der Waals surface area (Å²) in [5.74, 6) is 1.59. The number of hydrogen-bond acceptors (Lipinski definition) is 5. The fourth-order valence-corrected chi connectivity index (χ4v) is 3.60. The molecule has 1 aromatic carbocycles. The highest BCUT2D eigenvalue weighted by Gasteiger charge is 2.22. The lowest BCUT2D eigenvalue weighted by molar-refractivity contribution is 0.751. The summed E-state index contributed by atoms with van der Waals surface area (Å²) in [6.07, 6.45) is 1.86. The number of aryl methyl sites for hydroxylation is 1. The molecule has 2 aromatic heterocycles. The number of nitrogens with one attached hydrogen (secondary N) is 2. The topological polar surface area (TPSA) is 78.0 Å².